The first-order valence-electron chi connectivity index (χ1n) is 17.1. The van der Waals surface area contributed by atoms with E-state index < -0.39 is 0 Å². The minimum Gasteiger partial charge on any atom is -0.337 e. The summed E-state index contributed by atoms with van der Waals surface area (Å²) in [4.78, 5) is 13.0. The van der Waals surface area contributed by atoms with Gasteiger partial charge in [0.1, 0.15) is 11.7 Å². The lowest BCUT2D eigenvalue weighted by Gasteiger charge is -2.37. The lowest BCUT2D eigenvalue weighted by atomic mass is 9.76. The fourth-order valence-electron chi connectivity index (χ4n) is 8.50. The summed E-state index contributed by atoms with van der Waals surface area (Å²) in [7, 11) is 0. The Hall–Kier alpha value is -5.47. The molecule has 5 heteroatoms. The summed E-state index contributed by atoms with van der Waals surface area (Å²) in [5.41, 5.74) is 13.1. The van der Waals surface area contributed by atoms with Gasteiger partial charge in [0.25, 0.3) is 0 Å². The van der Waals surface area contributed by atoms with E-state index in [0.29, 0.717) is 0 Å². The Bertz CT molecular complexity index is 2150. The summed E-state index contributed by atoms with van der Waals surface area (Å²) in [6.07, 6.45) is 17.7. The number of hydrogen-bond donors (Lipinski definition) is 1. The van der Waals surface area contributed by atoms with Gasteiger partial charge in [-0.15, -0.1) is 0 Å². The molecule has 2 heterocycles. The van der Waals surface area contributed by atoms with Crippen molar-refractivity contribution >= 4 is 28.5 Å². The van der Waals surface area contributed by atoms with Crippen LogP contribution in [0.2, 0.25) is 0 Å². The minimum atomic E-state index is -0.301. The van der Waals surface area contributed by atoms with Crippen LogP contribution in [0.15, 0.2) is 148 Å². The summed E-state index contributed by atoms with van der Waals surface area (Å²) in [5, 5.41) is 13.2. The first-order valence-corrected chi connectivity index (χ1v) is 17.1. The zero-order valence-electron chi connectivity index (χ0n) is 27.3. The number of benzene rings is 3. The lowest BCUT2D eigenvalue weighted by molar-refractivity contribution is 0.495. The Morgan fingerprint density at radius 3 is 2.52 bits per heavy atom. The van der Waals surface area contributed by atoms with Gasteiger partial charge in [-0.3, -0.25) is 0 Å². The molecule has 234 valence electrons. The Balaban J connectivity index is 1.07. The molecule has 4 aliphatic carbocycles. The fraction of sp³-hybridized carbons (Fsp3) is 0.233. The highest BCUT2D eigenvalue weighted by molar-refractivity contribution is 6.16. The molecule has 0 saturated carbocycles. The van der Waals surface area contributed by atoms with Crippen LogP contribution in [0, 0.1) is 23.2 Å². The quantitative estimate of drug-likeness (QED) is 0.316. The molecule has 0 bridgehead atoms. The van der Waals surface area contributed by atoms with E-state index in [1.54, 1.807) is 0 Å². The summed E-state index contributed by atoms with van der Waals surface area (Å²) >= 11 is 0. The van der Waals surface area contributed by atoms with E-state index in [1.807, 2.05) is 24.3 Å². The SMILES string of the molecule is CC1(C)C2=C(C=C3c4ccccc4N(C4=CC=CC(C5N=C(C6=CC(C#N)CC=C6)NC(c6ccccc6)=N5)C4)C3C2)c2ccccc21. The van der Waals surface area contributed by atoms with Crippen LogP contribution >= 0.6 is 0 Å². The van der Waals surface area contributed by atoms with Crippen molar-refractivity contribution in [1.29, 1.82) is 5.26 Å². The van der Waals surface area contributed by atoms with Crippen LogP contribution in [0.3, 0.4) is 0 Å². The second kappa shape index (κ2) is 11.1. The van der Waals surface area contributed by atoms with E-state index in [9.17, 15) is 5.26 Å². The average molecular weight is 624 g/mol. The number of aliphatic imine (C=N–C) groups is 2. The number of fused-ring (bicyclic) bond motifs is 5. The summed E-state index contributed by atoms with van der Waals surface area (Å²) in [5.74, 6) is 1.51. The third-order valence-corrected chi connectivity index (χ3v) is 10.9. The second-order valence-electron chi connectivity index (χ2n) is 14.0. The summed E-state index contributed by atoms with van der Waals surface area (Å²) in [6.45, 7) is 4.78. The molecule has 2 aliphatic heterocycles. The van der Waals surface area contributed by atoms with Gasteiger partial charge in [-0.05, 0) is 65.3 Å². The standard InChI is InChI=1S/C43H37N5/c1-43(2)36-20-8-6-18-32(36)34-24-35-33-19-7-9-21-38(33)48(39(35)25-37(34)43)31-17-11-16-30(23-31)42-46-40(28-13-4-3-5-14-28)45-41(47-42)29-15-10-12-27(22-29)26-44/h3-11,13-22,24,27,30,39,42H,12,23,25H2,1-2H3,(H,45,46,47). The molecule has 0 amide bonds. The van der Waals surface area contributed by atoms with Crippen molar-refractivity contribution in [3.8, 4) is 6.07 Å². The van der Waals surface area contributed by atoms with Gasteiger partial charge in [0.05, 0.1) is 18.0 Å². The Kier molecular flexibility index (Phi) is 6.62. The molecule has 1 N–H and O–H groups in total. The summed E-state index contributed by atoms with van der Waals surface area (Å²) in [6, 6.07) is 30.8. The monoisotopic (exact) mass is 623 g/mol. The number of rotatable bonds is 4. The normalized spacial score (nSPS) is 26.1. The van der Waals surface area contributed by atoms with Gasteiger partial charge in [0, 0.05) is 39.4 Å². The van der Waals surface area contributed by atoms with Crippen LogP contribution in [0.4, 0.5) is 5.69 Å². The number of hydrogen-bond acceptors (Lipinski definition) is 5. The van der Waals surface area contributed by atoms with Crippen LogP contribution in [0.1, 0.15) is 55.4 Å². The zero-order chi connectivity index (χ0) is 32.4. The molecular weight excluding hydrogens is 587 g/mol. The Labute approximate surface area is 282 Å². The molecular formula is C43H37N5. The first-order chi connectivity index (χ1) is 23.5. The maximum atomic E-state index is 9.66. The van der Waals surface area contributed by atoms with Crippen molar-refractivity contribution in [2.45, 2.75) is 50.7 Å². The van der Waals surface area contributed by atoms with Gasteiger partial charge < -0.3 is 10.2 Å². The molecule has 0 aromatic heterocycles. The molecule has 4 atom stereocenters. The fourth-order valence-corrected chi connectivity index (χ4v) is 8.50. The molecule has 3 aromatic rings. The van der Waals surface area contributed by atoms with Crippen LogP contribution in [0.5, 0.6) is 0 Å². The average Bonchev–Trinajstić information content (AvgIpc) is 3.59. The molecule has 0 radical (unpaired) electrons. The number of nitriles is 1. The smallest absolute Gasteiger partial charge is 0.150 e. The number of amidine groups is 2. The number of para-hydroxylation sites is 1. The largest absolute Gasteiger partial charge is 0.337 e. The predicted octanol–water partition coefficient (Wildman–Crippen LogP) is 8.67. The third kappa shape index (κ3) is 4.51. The van der Waals surface area contributed by atoms with E-state index in [1.165, 1.54) is 44.8 Å². The van der Waals surface area contributed by atoms with Crippen molar-refractivity contribution in [2.75, 3.05) is 4.90 Å². The van der Waals surface area contributed by atoms with E-state index in [0.717, 1.165) is 42.1 Å². The van der Waals surface area contributed by atoms with Crippen molar-refractivity contribution in [3.63, 3.8) is 0 Å². The number of nitrogens with one attached hydrogen (secondary N) is 1. The zero-order valence-corrected chi connectivity index (χ0v) is 27.3. The van der Waals surface area contributed by atoms with Gasteiger partial charge in [-0.25, -0.2) is 9.98 Å². The van der Waals surface area contributed by atoms with Crippen LogP contribution in [-0.4, -0.2) is 23.9 Å². The van der Waals surface area contributed by atoms with Crippen LogP contribution < -0.4 is 10.2 Å². The van der Waals surface area contributed by atoms with Gasteiger partial charge >= 0.3 is 0 Å². The van der Waals surface area contributed by atoms with E-state index in [-0.39, 0.29) is 29.5 Å². The minimum absolute atomic E-state index is 0.00659. The molecule has 0 fully saturated rings. The van der Waals surface area contributed by atoms with E-state index >= 15 is 0 Å². The number of anilines is 1. The van der Waals surface area contributed by atoms with Gasteiger partial charge in [-0.2, -0.15) is 5.26 Å². The number of nitrogens with zero attached hydrogens (tertiary/aromatic N) is 4. The topological polar surface area (TPSA) is 63.8 Å². The predicted molar refractivity (Wildman–Crippen MR) is 195 cm³/mol. The maximum Gasteiger partial charge on any atom is 0.150 e. The maximum absolute atomic E-state index is 9.66. The van der Waals surface area contributed by atoms with Gasteiger partial charge in [-0.1, -0.05) is 117 Å². The van der Waals surface area contributed by atoms with Gasteiger partial charge in [0.2, 0.25) is 0 Å². The molecule has 0 spiro atoms. The number of allylic oxidation sites excluding steroid dienone is 7. The lowest BCUT2D eigenvalue weighted by Crippen LogP contribution is -2.41. The van der Waals surface area contributed by atoms with Crippen molar-refractivity contribution in [3.05, 3.63) is 160 Å². The molecule has 48 heavy (non-hydrogen) atoms. The van der Waals surface area contributed by atoms with Crippen molar-refractivity contribution in [2.24, 2.45) is 21.8 Å². The summed E-state index contributed by atoms with van der Waals surface area (Å²) < 4.78 is 0. The highest BCUT2D eigenvalue weighted by atomic mass is 15.2. The highest BCUT2D eigenvalue weighted by Crippen LogP contribution is 2.56. The first kappa shape index (κ1) is 28.7. The molecule has 3 aromatic carbocycles. The van der Waals surface area contributed by atoms with Crippen molar-refractivity contribution < 1.29 is 0 Å². The third-order valence-electron chi connectivity index (χ3n) is 10.9. The van der Waals surface area contributed by atoms with E-state index in [4.69, 9.17) is 9.98 Å². The molecule has 9 rings (SSSR count). The molecule has 4 unspecified atom stereocenters. The molecule has 5 nitrogen and oxygen atoms in total. The molecule has 0 saturated heterocycles. The second-order valence-corrected chi connectivity index (χ2v) is 14.0. The highest BCUT2D eigenvalue weighted by Gasteiger charge is 2.46. The van der Waals surface area contributed by atoms with Crippen LogP contribution in [0.25, 0.3) is 11.1 Å². The Morgan fingerprint density at radius 2 is 1.67 bits per heavy atom. The van der Waals surface area contributed by atoms with Crippen LogP contribution in [-0.2, 0) is 5.41 Å². The van der Waals surface area contributed by atoms with Crippen molar-refractivity contribution in [1.82, 2.24) is 5.32 Å². The Morgan fingerprint density at radius 1 is 0.896 bits per heavy atom. The van der Waals surface area contributed by atoms with E-state index in [2.05, 4.69) is 127 Å². The van der Waals surface area contributed by atoms with Gasteiger partial charge in [0.15, 0.2) is 6.17 Å². The molecule has 6 aliphatic rings.